The SMILES string of the molecule is COc1c(CCl)cc(C(F)F)nc1C. The highest BCUT2D eigenvalue weighted by Crippen LogP contribution is 2.27. The number of nitrogens with zero attached hydrogens (tertiary/aromatic N) is 1. The monoisotopic (exact) mass is 221 g/mol. The summed E-state index contributed by atoms with van der Waals surface area (Å²) in [5.74, 6) is 0.608. The van der Waals surface area contributed by atoms with E-state index in [4.69, 9.17) is 16.3 Å². The van der Waals surface area contributed by atoms with Gasteiger partial charge < -0.3 is 4.74 Å². The Bertz CT molecular complexity index is 331. The van der Waals surface area contributed by atoms with E-state index in [0.717, 1.165) is 0 Å². The summed E-state index contributed by atoms with van der Waals surface area (Å²) < 4.78 is 29.7. The molecular weight excluding hydrogens is 212 g/mol. The molecular formula is C9H10ClF2NO. The molecule has 0 aliphatic heterocycles. The second kappa shape index (κ2) is 4.55. The number of hydrogen-bond donors (Lipinski definition) is 0. The predicted octanol–water partition coefficient (Wildman–Crippen LogP) is 3.08. The second-order valence-corrected chi connectivity index (χ2v) is 3.03. The number of alkyl halides is 3. The maximum atomic E-state index is 12.4. The molecule has 0 atom stereocenters. The molecule has 0 aliphatic carbocycles. The summed E-state index contributed by atoms with van der Waals surface area (Å²) in [6, 6.07) is 1.27. The van der Waals surface area contributed by atoms with Crippen LogP contribution in [0, 0.1) is 6.92 Å². The topological polar surface area (TPSA) is 22.1 Å². The fourth-order valence-electron chi connectivity index (χ4n) is 1.24. The van der Waals surface area contributed by atoms with Gasteiger partial charge in [-0.05, 0) is 13.0 Å². The first-order chi connectivity index (χ1) is 6.60. The zero-order valence-corrected chi connectivity index (χ0v) is 8.61. The van der Waals surface area contributed by atoms with Crippen LogP contribution in [-0.2, 0) is 5.88 Å². The average molecular weight is 222 g/mol. The fourth-order valence-corrected chi connectivity index (χ4v) is 1.44. The molecule has 78 valence electrons. The van der Waals surface area contributed by atoms with Gasteiger partial charge in [0.05, 0.1) is 18.7 Å². The molecule has 0 spiro atoms. The van der Waals surface area contributed by atoms with Crippen molar-refractivity contribution in [3.05, 3.63) is 23.0 Å². The number of halogens is 3. The third kappa shape index (κ3) is 2.12. The highest BCUT2D eigenvalue weighted by Gasteiger charge is 2.15. The summed E-state index contributed by atoms with van der Waals surface area (Å²) in [7, 11) is 1.46. The Morgan fingerprint density at radius 1 is 1.57 bits per heavy atom. The first kappa shape index (κ1) is 11.2. The van der Waals surface area contributed by atoms with Crippen molar-refractivity contribution < 1.29 is 13.5 Å². The van der Waals surface area contributed by atoms with Crippen molar-refractivity contribution in [2.24, 2.45) is 0 Å². The van der Waals surface area contributed by atoms with Gasteiger partial charge in [0.15, 0.2) is 0 Å². The van der Waals surface area contributed by atoms with E-state index in [1.54, 1.807) is 6.92 Å². The van der Waals surface area contributed by atoms with Crippen LogP contribution in [0.2, 0.25) is 0 Å². The average Bonchev–Trinajstić information content (AvgIpc) is 2.16. The molecule has 1 aromatic heterocycles. The quantitative estimate of drug-likeness (QED) is 0.732. The molecule has 1 aromatic rings. The van der Waals surface area contributed by atoms with E-state index in [2.05, 4.69) is 4.98 Å². The molecule has 0 aliphatic rings. The Hall–Kier alpha value is -0.900. The van der Waals surface area contributed by atoms with Crippen LogP contribution >= 0.6 is 11.6 Å². The van der Waals surface area contributed by atoms with Crippen molar-refractivity contribution in [2.45, 2.75) is 19.2 Å². The third-order valence-electron chi connectivity index (χ3n) is 1.81. The van der Waals surface area contributed by atoms with E-state index < -0.39 is 6.43 Å². The lowest BCUT2D eigenvalue weighted by Crippen LogP contribution is -2.00. The van der Waals surface area contributed by atoms with Crippen LogP contribution in [0.4, 0.5) is 8.78 Å². The summed E-state index contributed by atoms with van der Waals surface area (Å²) >= 11 is 5.61. The van der Waals surface area contributed by atoms with Crippen LogP contribution in [0.3, 0.4) is 0 Å². The van der Waals surface area contributed by atoms with Gasteiger partial charge in [0.1, 0.15) is 11.4 Å². The summed E-state index contributed by atoms with van der Waals surface area (Å²) in [6.45, 7) is 1.61. The molecule has 2 nitrogen and oxygen atoms in total. The lowest BCUT2D eigenvalue weighted by Gasteiger charge is -2.10. The van der Waals surface area contributed by atoms with Gasteiger partial charge in [0.25, 0.3) is 6.43 Å². The normalized spacial score (nSPS) is 10.7. The maximum Gasteiger partial charge on any atom is 0.280 e. The van der Waals surface area contributed by atoms with Crippen LogP contribution in [0.15, 0.2) is 6.07 Å². The van der Waals surface area contributed by atoms with E-state index in [0.29, 0.717) is 17.0 Å². The van der Waals surface area contributed by atoms with Gasteiger partial charge in [0.2, 0.25) is 0 Å². The van der Waals surface area contributed by atoms with Gasteiger partial charge in [-0.15, -0.1) is 11.6 Å². The largest absolute Gasteiger partial charge is 0.495 e. The van der Waals surface area contributed by atoms with Crippen molar-refractivity contribution in [2.75, 3.05) is 7.11 Å². The Morgan fingerprint density at radius 2 is 2.21 bits per heavy atom. The predicted molar refractivity (Wildman–Crippen MR) is 50.0 cm³/mol. The van der Waals surface area contributed by atoms with Gasteiger partial charge in [-0.25, -0.2) is 13.8 Å². The van der Waals surface area contributed by atoms with Crippen molar-refractivity contribution in [3.8, 4) is 5.75 Å². The molecule has 0 unspecified atom stereocenters. The molecule has 0 saturated carbocycles. The van der Waals surface area contributed by atoms with Gasteiger partial charge >= 0.3 is 0 Å². The number of methoxy groups -OCH3 is 1. The van der Waals surface area contributed by atoms with Gasteiger partial charge in [0, 0.05) is 5.56 Å². The van der Waals surface area contributed by atoms with Crippen LogP contribution in [-0.4, -0.2) is 12.1 Å². The minimum atomic E-state index is -2.58. The van der Waals surface area contributed by atoms with Crippen molar-refractivity contribution in [1.29, 1.82) is 0 Å². The van der Waals surface area contributed by atoms with Gasteiger partial charge in [-0.3, -0.25) is 0 Å². The third-order valence-corrected chi connectivity index (χ3v) is 2.10. The van der Waals surface area contributed by atoms with Crippen LogP contribution in [0.1, 0.15) is 23.4 Å². The molecule has 1 heterocycles. The molecule has 0 saturated heterocycles. The van der Waals surface area contributed by atoms with Crippen molar-refractivity contribution >= 4 is 11.6 Å². The molecule has 0 aromatic carbocycles. The van der Waals surface area contributed by atoms with Crippen LogP contribution in [0.5, 0.6) is 5.75 Å². The van der Waals surface area contributed by atoms with E-state index in [9.17, 15) is 8.78 Å². The molecule has 14 heavy (non-hydrogen) atoms. The van der Waals surface area contributed by atoms with Crippen molar-refractivity contribution in [3.63, 3.8) is 0 Å². The highest BCUT2D eigenvalue weighted by atomic mass is 35.5. The molecule has 0 N–H and O–H groups in total. The zero-order chi connectivity index (χ0) is 10.7. The van der Waals surface area contributed by atoms with Gasteiger partial charge in [-0.1, -0.05) is 0 Å². The Labute approximate surface area is 85.9 Å². The Kier molecular flexibility index (Phi) is 3.63. The lowest BCUT2D eigenvalue weighted by atomic mass is 10.2. The Morgan fingerprint density at radius 3 is 2.64 bits per heavy atom. The first-order valence-electron chi connectivity index (χ1n) is 3.98. The van der Waals surface area contributed by atoms with E-state index in [1.165, 1.54) is 13.2 Å². The lowest BCUT2D eigenvalue weighted by molar-refractivity contribution is 0.145. The van der Waals surface area contributed by atoms with Crippen LogP contribution < -0.4 is 4.74 Å². The number of pyridine rings is 1. The first-order valence-corrected chi connectivity index (χ1v) is 4.52. The number of aromatic nitrogens is 1. The minimum Gasteiger partial charge on any atom is -0.495 e. The maximum absolute atomic E-state index is 12.4. The minimum absolute atomic E-state index is 0.131. The molecule has 0 fully saturated rings. The van der Waals surface area contributed by atoms with Crippen molar-refractivity contribution in [1.82, 2.24) is 4.98 Å². The van der Waals surface area contributed by atoms with E-state index in [-0.39, 0.29) is 11.6 Å². The molecule has 0 amide bonds. The molecule has 0 radical (unpaired) electrons. The number of aryl methyl sites for hydroxylation is 1. The standard InChI is InChI=1S/C9H10ClF2NO/c1-5-8(14-2)6(4-10)3-7(13-5)9(11)12/h3,9H,4H2,1-2H3. The number of hydrogen-bond acceptors (Lipinski definition) is 2. The Balaban J connectivity index is 3.24. The molecule has 0 bridgehead atoms. The fraction of sp³-hybridized carbons (Fsp3) is 0.444. The number of rotatable bonds is 3. The van der Waals surface area contributed by atoms with E-state index in [1.807, 2.05) is 0 Å². The molecule has 1 rings (SSSR count). The summed E-state index contributed by atoms with van der Waals surface area (Å²) in [5.41, 5.74) is 0.705. The highest BCUT2D eigenvalue weighted by molar-refractivity contribution is 6.17. The summed E-state index contributed by atoms with van der Waals surface area (Å²) in [5, 5.41) is 0. The zero-order valence-electron chi connectivity index (χ0n) is 7.85. The van der Waals surface area contributed by atoms with E-state index >= 15 is 0 Å². The summed E-state index contributed by atoms with van der Waals surface area (Å²) in [6.07, 6.45) is -2.58. The summed E-state index contributed by atoms with van der Waals surface area (Å²) in [4.78, 5) is 3.72. The smallest absolute Gasteiger partial charge is 0.280 e. The van der Waals surface area contributed by atoms with Crippen LogP contribution in [0.25, 0.3) is 0 Å². The molecule has 5 heteroatoms. The van der Waals surface area contributed by atoms with Gasteiger partial charge in [-0.2, -0.15) is 0 Å². The second-order valence-electron chi connectivity index (χ2n) is 2.76. The number of ether oxygens (including phenoxy) is 1.